The number of hydrogen-bond donors (Lipinski definition) is 4. The minimum atomic E-state index is -1.31. The molecule has 2 unspecified atom stereocenters. The molecule has 1 aliphatic heterocycles. The summed E-state index contributed by atoms with van der Waals surface area (Å²) in [7, 11) is 0.120. The van der Waals surface area contributed by atoms with Crippen LogP contribution in [0.3, 0.4) is 0 Å². The van der Waals surface area contributed by atoms with E-state index in [0.717, 1.165) is 0 Å². The van der Waals surface area contributed by atoms with Gasteiger partial charge in [-0.25, -0.2) is 0 Å². The Bertz CT molecular complexity index is 193. The van der Waals surface area contributed by atoms with Crippen LogP contribution in [-0.4, -0.2) is 76.9 Å². The molecule has 0 aliphatic carbocycles. The Morgan fingerprint density at radius 2 is 1.53 bits per heavy atom. The fourth-order valence-corrected chi connectivity index (χ4v) is 1.30. The van der Waals surface area contributed by atoms with Crippen LogP contribution < -0.4 is 0 Å². The summed E-state index contributed by atoms with van der Waals surface area (Å²) < 4.78 is 4.72. The van der Waals surface area contributed by atoms with Crippen LogP contribution >= 0.6 is 7.92 Å². The summed E-state index contributed by atoms with van der Waals surface area (Å²) in [5.74, 6) is 0. The molecule has 1 aliphatic rings. The van der Waals surface area contributed by atoms with Crippen LogP contribution in [0.15, 0.2) is 0 Å². The molecule has 1 heterocycles. The van der Waals surface area contributed by atoms with Crippen molar-refractivity contribution in [3.8, 4) is 0 Å². The van der Waals surface area contributed by atoms with Gasteiger partial charge < -0.3 is 37.8 Å². The third kappa shape index (κ3) is 7.48. The minimum absolute atomic E-state index is 0. The van der Waals surface area contributed by atoms with Crippen molar-refractivity contribution in [3.05, 3.63) is 0 Å². The molecule has 0 aromatic carbocycles. The molecular weight excluding hydrogens is 448 g/mol. The summed E-state index contributed by atoms with van der Waals surface area (Å²) in [6, 6.07) is 0. The predicted molar refractivity (Wildman–Crippen MR) is 67.2 cm³/mol. The third-order valence-corrected chi connectivity index (χ3v) is 2.35. The predicted octanol–water partition coefficient (Wildman–Crippen LogP) is -1.58. The van der Waals surface area contributed by atoms with Gasteiger partial charge in [0.15, 0.2) is 0 Å². The second-order valence-corrected chi connectivity index (χ2v) is 7.74. The van der Waals surface area contributed by atoms with Gasteiger partial charge in [-0.15, -0.1) is 0 Å². The first-order valence-corrected chi connectivity index (χ1v) is 8.51. The van der Waals surface area contributed by atoms with Gasteiger partial charge in [0, 0.05) is 20.0 Å². The van der Waals surface area contributed by atoms with E-state index in [2.05, 4.69) is 32.6 Å². The zero-order chi connectivity index (χ0) is 12.9. The zero-order valence-corrected chi connectivity index (χ0v) is 14.0. The normalized spacial score (nSPS) is 36.9. The number of aliphatic hydroxyl groups excluding tert-OH is 4. The SMILES string of the molecule is C[PH+](C)C.OCC1O[C@@H](O)[C@@H]([S-])[C@H](O)C1O.[Au+]. The number of hydrogen-bond acceptors (Lipinski definition) is 6. The molecule has 0 radical (unpaired) electrons. The van der Waals surface area contributed by atoms with E-state index < -0.39 is 36.5 Å². The fourth-order valence-electron chi connectivity index (χ4n) is 1.07. The molecule has 1 rings (SSSR count). The van der Waals surface area contributed by atoms with E-state index in [1.165, 1.54) is 0 Å². The molecule has 0 aromatic rings. The summed E-state index contributed by atoms with van der Waals surface area (Å²) in [5, 5.41) is 35.2. The molecule has 8 heteroatoms. The summed E-state index contributed by atoms with van der Waals surface area (Å²) in [6.07, 6.45) is -4.74. The molecule has 0 amide bonds. The van der Waals surface area contributed by atoms with Crippen LogP contribution in [0.25, 0.3) is 0 Å². The van der Waals surface area contributed by atoms with E-state index in [1.807, 2.05) is 0 Å². The van der Waals surface area contributed by atoms with E-state index in [1.54, 1.807) is 0 Å². The van der Waals surface area contributed by atoms with Crippen LogP contribution in [0.1, 0.15) is 0 Å². The topological polar surface area (TPSA) is 90.2 Å². The molecule has 0 aromatic heterocycles. The van der Waals surface area contributed by atoms with Gasteiger partial charge in [-0.1, -0.05) is 5.25 Å². The summed E-state index contributed by atoms with van der Waals surface area (Å²) >= 11 is 4.65. The molecule has 5 nitrogen and oxygen atoms in total. The maximum atomic E-state index is 9.21. The van der Waals surface area contributed by atoms with Gasteiger partial charge in [0.05, 0.1) is 12.7 Å². The summed E-state index contributed by atoms with van der Waals surface area (Å²) in [6.45, 7) is 6.34. The average molecular weight is 469 g/mol. The Morgan fingerprint density at radius 1 is 1.12 bits per heavy atom. The van der Waals surface area contributed by atoms with Gasteiger partial charge in [0.1, 0.15) is 18.5 Å². The molecule has 1 fully saturated rings. The number of aliphatic hydroxyl groups is 4. The smallest absolute Gasteiger partial charge is 0.782 e. The van der Waals surface area contributed by atoms with E-state index in [0.29, 0.717) is 0 Å². The second kappa shape index (κ2) is 10.1. The van der Waals surface area contributed by atoms with Crippen molar-refractivity contribution < 1.29 is 47.5 Å². The van der Waals surface area contributed by atoms with Crippen molar-refractivity contribution in [1.82, 2.24) is 0 Å². The monoisotopic (exact) mass is 469 g/mol. The second-order valence-electron chi connectivity index (χ2n) is 4.19. The average Bonchev–Trinajstić information content (AvgIpc) is 2.19. The van der Waals surface area contributed by atoms with Crippen molar-refractivity contribution in [2.75, 3.05) is 26.6 Å². The van der Waals surface area contributed by atoms with Gasteiger partial charge in [0.25, 0.3) is 0 Å². The largest absolute Gasteiger partial charge is 1.00 e. The first-order valence-electron chi connectivity index (χ1n) is 5.04. The molecule has 4 N–H and O–H groups in total. The first kappa shape index (κ1) is 20.6. The van der Waals surface area contributed by atoms with Gasteiger partial charge in [-0.05, 0) is 7.92 Å². The molecular formula is C9H21AuO5PS+. The third-order valence-electron chi connectivity index (χ3n) is 1.84. The Kier molecular flexibility index (Phi) is 12.3. The Balaban J connectivity index is 0. The van der Waals surface area contributed by atoms with Crippen LogP contribution in [-0.2, 0) is 39.7 Å². The van der Waals surface area contributed by atoms with Gasteiger partial charge >= 0.3 is 22.4 Å². The Morgan fingerprint density at radius 3 is 1.88 bits per heavy atom. The van der Waals surface area contributed by atoms with E-state index in [4.69, 9.17) is 14.9 Å². The van der Waals surface area contributed by atoms with Crippen LogP contribution in [0, 0.1) is 0 Å². The van der Waals surface area contributed by atoms with Crippen LogP contribution in [0.2, 0.25) is 0 Å². The molecule has 0 spiro atoms. The minimum Gasteiger partial charge on any atom is -0.782 e. The van der Waals surface area contributed by atoms with Crippen molar-refractivity contribution >= 4 is 20.6 Å². The quantitative estimate of drug-likeness (QED) is 0.211. The molecule has 108 valence electrons. The van der Waals surface area contributed by atoms with Crippen molar-refractivity contribution in [2.24, 2.45) is 0 Å². The first-order chi connectivity index (χ1) is 7.31. The standard InChI is InChI=1S/C6H12O5S.C3H9P.Au/c7-1-2-3(8)4(9)5(12)6(10)11-2;1-4(2)3;/h2-10,12H,1H2;1-3H3;/q;;+1/t2?,3?,4-,5+,6-;;/m1../s1. The maximum Gasteiger partial charge on any atom is 1.00 e. The van der Waals surface area contributed by atoms with Gasteiger partial charge in [0.2, 0.25) is 0 Å². The van der Waals surface area contributed by atoms with Crippen molar-refractivity contribution in [3.63, 3.8) is 0 Å². The molecule has 1 saturated heterocycles. The molecule has 0 bridgehead atoms. The summed E-state index contributed by atoms with van der Waals surface area (Å²) in [4.78, 5) is 0. The van der Waals surface area contributed by atoms with E-state index >= 15 is 0 Å². The Hall–Kier alpha value is 1.32. The summed E-state index contributed by atoms with van der Waals surface area (Å²) in [5.41, 5.74) is 0. The van der Waals surface area contributed by atoms with Crippen molar-refractivity contribution in [2.45, 2.75) is 29.9 Å². The Labute approximate surface area is 124 Å². The van der Waals surface area contributed by atoms with E-state index in [-0.39, 0.29) is 30.3 Å². The van der Waals surface area contributed by atoms with Crippen LogP contribution in [0.5, 0.6) is 0 Å². The van der Waals surface area contributed by atoms with Crippen molar-refractivity contribution in [1.29, 1.82) is 0 Å². The zero-order valence-electron chi connectivity index (χ0n) is 10.0. The van der Waals surface area contributed by atoms with Crippen LogP contribution in [0.4, 0.5) is 0 Å². The number of ether oxygens (including phenoxy) is 1. The molecule has 17 heavy (non-hydrogen) atoms. The van der Waals surface area contributed by atoms with Gasteiger partial charge in [-0.2, -0.15) is 0 Å². The van der Waals surface area contributed by atoms with Gasteiger partial charge in [-0.3, -0.25) is 0 Å². The number of rotatable bonds is 1. The molecule has 5 atom stereocenters. The molecule has 0 saturated carbocycles. The van der Waals surface area contributed by atoms with E-state index in [9.17, 15) is 10.2 Å². The fraction of sp³-hybridized carbons (Fsp3) is 1.00. The maximum absolute atomic E-state index is 9.21.